The smallest absolute Gasteiger partial charge is 0.125 e. The van der Waals surface area contributed by atoms with E-state index in [1.807, 2.05) is 6.92 Å². The molecule has 0 aliphatic rings. The van der Waals surface area contributed by atoms with Gasteiger partial charge >= 0.3 is 0 Å². The monoisotopic (exact) mass is 292 g/mol. The van der Waals surface area contributed by atoms with Crippen LogP contribution in [0.25, 0.3) is 5.57 Å². The fourth-order valence-electron chi connectivity index (χ4n) is 0.950. The van der Waals surface area contributed by atoms with Crippen LogP contribution in [0, 0.1) is 5.82 Å². The maximum atomic E-state index is 12.8. The molecule has 0 fully saturated rings. The summed E-state index contributed by atoms with van der Waals surface area (Å²) in [5, 5.41) is 0. The lowest BCUT2D eigenvalue weighted by atomic mass is 10.1. The summed E-state index contributed by atoms with van der Waals surface area (Å²) in [6.07, 6.45) is 0. The number of hydrogen-bond acceptors (Lipinski definition) is 0. The van der Waals surface area contributed by atoms with Crippen LogP contribution in [0.4, 0.5) is 4.39 Å². The zero-order valence-electron chi connectivity index (χ0n) is 6.50. The molecule has 0 aliphatic heterocycles. The lowest BCUT2D eigenvalue weighted by Crippen LogP contribution is -1.85. The summed E-state index contributed by atoms with van der Waals surface area (Å²) >= 11 is 6.54. The van der Waals surface area contributed by atoms with Gasteiger partial charge in [0.05, 0.1) is 0 Å². The largest absolute Gasteiger partial charge is 0.207 e. The Bertz CT molecular complexity index is 308. The molecule has 0 saturated heterocycles. The Morgan fingerprint density at radius 3 is 2.08 bits per heavy atom. The molecule has 0 radical (unpaired) electrons. The molecular formula is C9H7Br2F. The van der Waals surface area contributed by atoms with Gasteiger partial charge in [0.25, 0.3) is 0 Å². The molecule has 0 amide bonds. The van der Waals surface area contributed by atoms with E-state index in [1.165, 1.54) is 12.1 Å². The molecule has 0 spiro atoms. The standard InChI is InChI=1S/C9H7Br2F/c1-5(2)9-7(10)3-6(12)4-8(9)11/h3-4H,1H2,2H3. The molecule has 3 heteroatoms. The van der Waals surface area contributed by atoms with Gasteiger partial charge in [-0.1, -0.05) is 38.4 Å². The molecule has 64 valence electrons. The first-order chi connectivity index (χ1) is 5.52. The van der Waals surface area contributed by atoms with E-state index in [-0.39, 0.29) is 5.82 Å². The summed E-state index contributed by atoms with van der Waals surface area (Å²) in [4.78, 5) is 0. The minimum Gasteiger partial charge on any atom is -0.207 e. The fraction of sp³-hybridized carbons (Fsp3) is 0.111. The first-order valence-electron chi connectivity index (χ1n) is 3.33. The summed E-state index contributed by atoms with van der Waals surface area (Å²) in [5.41, 5.74) is 1.81. The van der Waals surface area contributed by atoms with Crippen molar-refractivity contribution in [2.24, 2.45) is 0 Å². The summed E-state index contributed by atoms with van der Waals surface area (Å²) in [6.45, 7) is 5.67. The summed E-state index contributed by atoms with van der Waals surface area (Å²) in [6, 6.07) is 2.85. The topological polar surface area (TPSA) is 0 Å². The van der Waals surface area contributed by atoms with Crippen molar-refractivity contribution in [1.29, 1.82) is 0 Å². The maximum absolute atomic E-state index is 12.8. The molecule has 12 heavy (non-hydrogen) atoms. The number of rotatable bonds is 1. The zero-order valence-corrected chi connectivity index (χ0v) is 9.67. The highest BCUT2D eigenvalue weighted by Gasteiger charge is 2.07. The van der Waals surface area contributed by atoms with Crippen LogP contribution >= 0.6 is 31.9 Å². The van der Waals surface area contributed by atoms with Gasteiger partial charge in [-0.15, -0.1) is 0 Å². The zero-order chi connectivity index (χ0) is 9.30. The molecule has 0 bridgehead atoms. The fourth-order valence-corrected chi connectivity index (χ4v) is 2.76. The van der Waals surface area contributed by atoms with Crippen LogP contribution in [-0.2, 0) is 0 Å². The minimum atomic E-state index is -0.265. The first kappa shape index (κ1) is 9.93. The van der Waals surface area contributed by atoms with Gasteiger partial charge in [0.2, 0.25) is 0 Å². The predicted octanol–water partition coefficient (Wildman–Crippen LogP) is 4.38. The average Bonchev–Trinajstić information content (AvgIpc) is 1.82. The van der Waals surface area contributed by atoms with E-state index >= 15 is 0 Å². The molecule has 0 unspecified atom stereocenters. The first-order valence-corrected chi connectivity index (χ1v) is 4.91. The van der Waals surface area contributed by atoms with Crippen molar-refractivity contribution < 1.29 is 4.39 Å². The highest BCUT2D eigenvalue weighted by Crippen LogP contribution is 2.31. The van der Waals surface area contributed by atoms with Gasteiger partial charge in [-0.3, -0.25) is 0 Å². The number of allylic oxidation sites excluding steroid dienone is 1. The van der Waals surface area contributed by atoms with Gasteiger partial charge in [0.1, 0.15) is 5.82 Å². The second-order valence-corrected chi connectivity index (χ2v) is 4.23. The van der Waals surface area contributed by atoms with E-state index in [0.717, 1.165) is 20.1 Å². The van der Waals surface area contributed by atoms with Crippen LogP contribution in [0.3, 0.4) is 0 Å². The molecular weight excluding hydrogens is 287 g/mol. The molecule has 0 heterocycles. The van der Waals surface area contributed by atoms with E-state index in [9.17, 15) is 4.39 Å². The Balaban J connectivity index is 3.38. The molecule has 0 aromatic heterocycles. The molecule has 0 nitrogen and oxygen atoms in total. The third-order valence-electron chi connectivity index (χ3n) is 1.43. The van der Waals surface area contributed by atoms with Crippen molar-refractivity contribution in [1.82, 2.24) is 0 Å². The van der Waals surface area contributed by atoms with E-state index < -0.39 is 0 Å². The predicted molar refractivity (Wildman–Crippen MR) is 56.5 cm³/mol. The van der Waals surface area contributed by atoms with Gasteiger partial charge in [-0.05, 0) is 24.6 Å². The average molecular weight is 294 g/mol. The third-order valence-corrected chi connectivity index (χ3v) is 2.68. The van der Waals surface area contributed by atoms with E-state index in [1.54, 1.807) is 0 Å². The SMILES string of the molecule is C=C(C)c1c(Br)cc(F)cc1Br. The van der Waals surface area contributed by atoms with Crippen molar-refractivity contribution in [2.45, 2.75) is 6.92 Å². The maximum Gasteiger partial charge on any atom is 0.125 e. The lowest BCUT2D eigenvalue weighted by Gasteiger charge is -2.06. The molecule has 0 saturated carbocycles. The second kappa shape index (κ2) is 3.71. The summed E-state index contributed by atoms with van der Waals surface area (Å²) in [5.74, 6) is -0.265. The van der Waals surface area contributed by atoms with E-state index in [4.69, 9.17) is 0 Å². The second-order valence-electron chi connectivity index (χ2n) is 2.52. The van der Waals surface area contributed by atoms with Crippen molar-refractivity contribution >= 4 is 37.4 Å². The molecule has 0 N–H and O–H groups in total. The van der Waals surface area contributed by atoms with Crippen LogP contribution < -0.4 is 0 Å². The molecule has 1 rings (SSSR count). The van der Waals surface area contributed by atoms with Crippen molar-refractivity contribution in [3.8, 4) is 0 Å². The quantitative estimate of drug-likeness (QED) is 0.721. The molecule has 1 aromatic rings. The van der Waals surface area contributed by atoms with Crippen molar-refractivity contribution in [3.63, 3.8) is 0 Å². The Kier molecular flexibility index (Phi) is 3.07. The normalized spacial score (nSPS) is 10.0. The summed E-state index contributed by atoms with van der Waals surface area (Å²) < 4.78 is 14.2. The third kappa shape index (κ3) is 1.96. The Labute approximate surface area is 87.7 Å². The summed E-state index contributed by atoms with van der Waals surface area (Å²) in [7, 11) is 0. The van der Waals surface area contributed by atoms with Gasteiger partial charge in [-0.25, -0.2) is 4.39 Å². The van der Waals surface area contributed by atoms with Gasteiger partial charge in [-0.2, -0.15) is 0 Å². The van der Waals surface area contributed by atoms with Crippen LogP contribution in [-0.4, -0.2) is 0 Å². The van der Waals surface area contributed by atoms with Crippen LogP contribution in [0.5, 0.6) is 0 Å². The lowest BCUT2D eigenvalue weighted by molar-refractivity contribution is 0.626. The van der Waals surface area contributed by atoms with E-state index in [2.05, 4.69) is 38.4 Å². The Morgan fingerprint density at radius 2 is 1.75 bits per heavy atom. The highest BCUT2D eigenvalue weighted by molar-refractivity contribution is 9.11. The number of benzene rings is 1. The minimum absolute atomic E-state index is 0.265. The van der Waals surface area contributed by atoms with Crippen LogP contribution in [0.1, 0.15) is 12.5 Å². The Morgan fingerprint density at radius 1 is 1.33 bits per heavy atom. The van der Waals surface area contributed by atoms with Crippen molar-refractivity contribution in [3.05, 3.63) is 39.0 Å². The molecule has 0 aliphatic carbocycles. The van der Waals surface area contributed by atoms with Crippen LogP contribution in [0.15, 0.2) is 27.7 Å². The van der Waals surface area contributed by atoms with Gasteiger partial charge < -0.3 is 0 Å². The van der Waals surface area contributed by atoms with Gasteiger partial charge in [0.15, 0.2) is 0 Å². The molecule has 0 atom stereocenters. The number of halogens is 3. The van der Waals surface area contributed by atoms with Gasteiger partial charge in [0, 0.05) is 14.5 Å². The van der Waals surface area contributed by atoms with E-state index in [0.29, 0.717) is 0 Å². The highest BCUT2D eigenvalue weighted by atomic mass is 79.9. The van der Waals surface area contributed by atoms with Crippen molar-refractivity contribution in [2.75, 3.05) is 0 Å². The Hall–Kier alpha value is -0.150. The molecule has 1 aromatic carbocycles. The number of hydrogen-bond donors (Lipinski definition) is 0. The van der Waals surface area contributed by atoms with Crippen LogP contribution in [0.2, 0.25) is 0 Å².